The molecule has 0 fully saturated rings. The van der Waals surface area contributed by atoms with E-state index in [1.807, 2.05) is 0 Å². The third-order valence-corrected chi connectivity index (χ3v) is 4.08. The molecule has 29 heavy (non-hydrogen) atoms. The summed E-state index contributed by atoms with van der Waals surface area (Å²) in [6, 6.07) is -3.89. The maximum absolute atomic E-state index is 12.6. The van der Waals surface area contributed by atoms with E-state index in [2.05, 4.69) is 20.9 Å². The summed E-state index contributed by atoms with van der Waals surface area (Å²) in [7, 11) is 0. The molecule has 10 N–H and O–H groups in total. The number of nitrogens with one attached hydrogen (secondary N) is 3. The monoisotopic (exact) mass is 415 g/mol. The van der Waals surface area contributed by atoms with Gasteiger partial charge in [-0.25, -0.2) is 0 Å². The fourth-order valence-electron chi connectivity index (χ4n) is 2.12. The lowest BCUT2D eigenvalue weighted by Gasteiger charge is -2.24. The number of hydrogen-bond donors (Lipinski definition) is 7. The fourth-order valence-corrected chi connectivity index (χ4v) is 2.12. The van der Waals surface area contributed by atoms with Gasteiger partial charge in [0.1, 0.15) is 18.1 Å². The second-order valence-electron chi connectivity index (χ2n) is 7.08. The minimum atomic E-state index is -1.20. The number of guanidine groups is 1. The van der Waals surface area contributed by atoms with Crippen LogP contribution in [0, 0.1) is 5.92 Å². The zero-order valence-corrected chi connectivity index (χ0v) is 17.3. The highest BCUT2D eigenvalue weighted by molar-refractivity contribution is 5.93. The van der Waals surface area contributed by atoms with Gasteiger partial charge >= 0.3 is 5.97 Å². The first-order valence-electron chi connectivity index (χ1n) is 9.31. The molecule has 0 aromatic rings. The number of aliphatic imine (C=N–C) groups is 1. The SMILES string of the molecule is CC(NC(=O)C(C)NC(=O)C(CCCN=C(N)N)NC(=O)C(N)C(C)C)C(=O)O. The Bertz CT molecular complexity index is 619. The van der Waals surface area contributed by atoms with Crippen molar-refractivity contribution in [2.24, 2.45) is 28.1 Å². The number of carboxylic acid groups (broad SMARTS) is 1. The molecule has 0 aromatic heterocycles. The Hall–Kier alpha value is -2.89. The first kappa shape index (κ1) is 26.1. The Labute approximate surface area is 170 Å². The van der Waals surface area contributed by atoms with Gasteiger partial charge in [0.25, 0.3) is 0 Å². The van der Waals surface area contributed by atoms with E-state index in [4.69, 9.17) is 22.3 Å². The number of hydrogen-bond acceptors (Lipinski definition) is 6. The van der Waals surface area contributed by atoms with Gasteiger partial charge in [0.15, 0.2) is 5.96 Å². The number of nitrogens with two attached hydrogens (primary N) is 3. The highest BCUT2D eigenvalue weighted by Gasteiger charge is 2.27. The maximum atomic E-state index is 12.6. The molecule has 0 heterocycles. The van der Waals surface area contributed by atoms with Crippen LogP contribution in [-0.2, 0) is 19.2 Å². The molecule has 0 radical (unpaired) electrons. The van der Waals surface area contributed by atoms with E-state index in [-0.39, 0.29) is 24.8 Å². The molecular weight excluding hydrogens is 382 g/mol. The maximum Gasteiger partial charge on any atom is 0.325 e. The molecule has 0 aromatic carbocycles. The molecule has 166 valence electrons. The first-order chi connectivity index (χ1) is 13.4. The number of rotatable bonds is 12. The highest BCUT2D eigenvalue weighted by Crippen LogP contribution is 2.03. The average molecular weight is 415 g/mol. The summed E-state index contributed by atoms with van der Waals surface area (Å²) in [5, 5.41) is 16.1. The Morgan fingerprint density at radius 2 is 1.45 bits per heavy atom. The number of nitrogens with zero attached hydrogens (tertiary/aromatic N) is 1. The quantitative estimate of drug-likeness (QED) is 0.103. The summed E-state index contributed by atoms with van der Waals surface area (Å²) in [5.74, 6) is -3.21. The van der Waals surface area contributed by atoms with Crippen molar-refractivity contribution in [1.82, 2.24) is 16.0 Å². The molecule has 0 aliphatic rings. The summed E-state index contributed by atoms with van der Waals surface area (Å²) in [6.07, 6.45) is 0.600. The van der Waals surface area contributed by atoms with E-state index in [0.29, 0.717) is 6.42 Å². The number of amides is 3. The molecule has 0 rings (SSSR count). The second kappa shape index (κ2) is 12.5. The van der Waals surface area contributed by atoms with E-state index >= 15 is 0 Å². The molecule has 4 unspecified atom stereocenters. The largest absolute Gasteiger partial charge is 0.480 e. The fraction of sp³-hybridized carbons (Fsp3) is 0.706. The highest BCUT2D eigenvalue weighted by atomic mass is 16.4. The molecule has 12 nitrogen and oxygen atoms in total. The zero-order valence-electron chi connectivity index (χ0n) is 17.3. The van der Waals surface area contributed by atoms with Crippen LogP contribution in [-0.4, -0.2) is 65.5 Å². The van der Waals surface area contributed by atoms with Crippen LogP contribution >= 0.6 is 0 Å². The van der Waals surface area contributed by atoms with Gasteiger partial charge in [-0.15, -0.1) is 0 Å². The normalized spacial score (nSPS) is 14.8. The lowest BCUT2D eigenvalue weighted by Crippen LogP contribution is -2.56. The smallest absolute Gasteiger partial charge is 0.325 e. The van der Waals surface area contributed by atoms with E-state index in [0.717, 1.165) is 0 Å². The number of carbonyl (C=O) groups is 4. The van der Waals surface area contributed by atoms with Gasteiger partial charge in [0.2, 0.25) is 17.7 Å². The Morgan fingerprint density at radius 3 is 1.93 bits per heavy atom. The van der Waals surface area contributed by atoms with Gasteiger partial charge in [-0.1, -0.05) is 13.8 Å². The van der Waals surface area contributed by atoms with Crippen molar-refractivity contribution in [2.75, 3.05) is 6.54 Å². The van der Waals surface area contributed by atoms with Gasteiger partial charge in [-0.3, -0.25) is 24.2 Å². The van der Waals surface area contributed by atoms with Crippen molar-refractivity contribution < 1.29 is 24.3 Å². The third kappa shape index (κ3) is 10.3. The molecule has 3 amide bonds. The van der Waals surface area contributed by atoms with Crippen molar-refractivity contribution in [3.63, 3.8) is 0 Å². The standard InChI is InChI=1S/C17H33N7O5/c1-8(2)12(18)15(27)24-11(6-5-7-21-17(19)20)14(26)22-9(3)13(25)23-10(4)16(28)29/h8-12H,5-7,18H2,1-4H3,(H,22,26)(H,23,25)(H,24,27)(H,28,29)(H4,19,20,21). The molecule has 0 aliphatic carbocycles. The van der Waals surface area contributed by atoms with E-state index < -0.39 is 47.9 Å². The lowest BCUT2D eigenvalue weighted by molar-refractivity contribution is -0.141. The summed E-state index contributed by atoms with van der Waals surface area (Å²) in [6.45, 7) is 6.50. The first-order valence-corrected chi connectivity index (χ1v) is 9.31. The third-order valence-electron chi connectivity index (χ3n) is 4.08. The van der Waals surface area contributed by atoms with Crippen molar-refractivity contribution in [2.45, 2.75) is 64.7 Å². The van der Waals surface area contributed by atoms with Crippen LogP contribution in [0.1, 0.15) is 40.5 Å². The predicted octanol–water partition coefficient (Wildman–Crippen LogP) is -2.40. The Kier molecular flexibility index (Phi) is 11.3. The number of carbonyl (C=O) groups excluding carboxylic acids is 3. The van der Waals surface area contributed by atoms with E-state index in [9.17, 15) is 19.2 Å². The van der Waals surface area contributed by atoms with Gasteiger partial charge in [-0.05, 0) is 32.6 Å². The summed E-state index contributed by atoms with van der Waals surface area (Å²) in [4.78, 5) is 51.5. The van der Waals surface area contributed by atoms with Crippen LogP contribution < -0.4 is 33.2 Å². The molecule has 4 atom stereocenters. The predicted molar refractivity (Wildman–Crippen MR) is 108 cm³/mol. The second-order valence-corrected chi connectivity index (χ2v) is 7.08. The van der Waals surface area contributed by atoms with Crippen molar-refractivity contribution >= 4 is 29.7 Å². The molecule has 0 saturated carbocycles. The zero-order chi connectivity index (χ0) is 22.7. The van der Waals surface area contributed by atoms with Crippen LogP contribution in [0.3, 0.4) is 0 Å². The Morgan fingerprint density at radius 1 is 0.897 bits per heavy atom. The topological polar surface area (TPSA) is 215 Å². The summed E-state index contributed by atoms with van der Waals surface area (Å²) >= 11 is 0. The summed E-state index contributed by atoms with van der Waals surface area (Å²) in [5.41, 5.74) is 16.3. The molecule has 0 bridgehead atoms. The van der Waals surface area contributed by atoms with E-state index in [1.165, 1.54) is 13.8 Å². The average Bonchev–Trinajstić information content (AvgIpc) is 2.62. The number of carboxylic acids is 1. The lowest BCUT2D eigenvalue weighted by atomic mass is 10.0. The van der Waals surface area contributed by atoms with Gasteiger partial charge in [-0.2, -0.15) is 0 Å². The molecule has 12 heteroatoms. The minimum absolute atomic E-state index is 0.0882. The van der Waals surface area contributed by atoms with E-state index in [1.54, 1.807) is 13.8 Å². The molecular formula is C17H33N7O5. The van der Waals surface area contributed by atoms with Gasteiger partial charge in [0, 0.05) is 6.54 Å². The van der Waals surface area contributed by atoms with Crippen LogP contribution in [0.2, 0.25) is 0 Å². The van der Waals surface area contributed by atoms with Gasteiger partial charge in [0.05, 0.1) is 6.04 Å². The summed E-state index contributed by atoms with van der Waals surface area (Å²) < 4.78 is 0. The van der Waals surface area contributed by atoms with Crippen molar-refractivity contribution in [3.05, 3.63) is 0 Å². The number of aliphatic carboxylic acids is 1. The van der Waals surface area contributed by atoms with Crippen LogP contribution in [0.5, 0.6) is 0 Å². The van der Waals surface area contributed by atoms with Gasteiger partial charge < -0.3 is 38.3 Å². The molecule has 0 saturated heterocycles. The van der Waals surface area contributed by atoms with Crippen molar-refractivity contribution in [3.8, 4) is 0 Å². The Balaban J connectivity index is 5.05. The minimum Gasteiger partial charge on any atom is -0.480 e. The van der Waals surface area contributed by atoms with Crippen LogP contribution in [0.15, 0.2) is 4.99 Å². The molecule has 0 spiro atoms. The van der Waals surface area contributed by atoms with Crippen LogP contribution in [0.25, 0.3) is 0 Å². The van der Waals surface area contributed by atoms with Crippen molar-refractivity contribution in [1.29, 1.82) is 0 Å². The molecule has 0 aliphatic heterocycles. The van der Waals surface area contributed by atoms with Crippen LogP contribution in [0.4, 0.5) is 0 Å².